The molecule has 0 spiro atoms. The summed E-state index contributed by atoms with van der Waals surface area (Å²) in [6.45, 7) is 3.41. The number of methoxy groups -OCH3 is 2. The molecule has 0 radical (unpaired) electrons. The lowest BCUT2D eigenvalue weighted by molar-refractivity contribution is -0.150. The quantitative estimate of drug-likeness (QED) is 0.538. The summed E-state index contributed by atoms with van der Waals surface area (Å²) in [4.78, 5) is 27.2. The number of amides is 1. The van der Waals surface area contributed by atoms with Crippen LogP contribution in [0, 0.1) is 5.92 Å². The molecule has 1 aliphatic heterocycles. The highest BCUT2D eigenvalue weighted by Gasteiger charge is 2.31. The Morgan fingerprint density at radius 3 is 2.29 bits per heavy atom. The molecule has 0 aromatic heterocycles. The largest absolute Gasteiger partial charge is 0.497 e. The van der Waals surface area contributed by atoms with Crippen LogP contribution in [0.4, 0.5) is 5.69 Å². The number of hydrogen-bond donors (Lipinski definition) is 1. The Morgan fingerprint density at radius 2 is 1.68 bits per heavy atom. The fourth-order valence-electron chi connectivity index (χ4n) is 3.71. The molecule has 1 N–H and O–H groups in total. The van der Waals surface area contributed by atoms with Crippen LogP contribution in [-0.4, -0.2) is 53.7 Å². The minimum absolute atomic E-state index is 0.0109. The summed E-state index contributed by atoms with van der Waals surface area (Å²) >= 11 is 0. The molecule has 2 aromatic rings. The van der Waals surface area contributed by atoms with Crippen LogP contribution in [0.3, 0.4) is 0 Å². The molecule has 1 atom stereocenters. The third-order valence-corrected chi connectivity index (χ3v) is 7.07. The second kappa shape index (κ2) is 10.9. The minimum atomic E-state index is -3.99. The van der Waals surface area contributed by atoms with Gasteiger partial charge in [-0.25, -0.2) is 8.42 Å². The average molecular weight is 491 g/mol. The molecule has 0 unspecified atom stereocenters. The van der Waals surface area contributed by atoms with Gasteiger partial charge >= 0.3 is 5.97 Å². The minimum Gasteiger partial charge on any atom is -0.497 e. The van der Waals surface area contributed by atoms with Crippen LogP contribution in [0.25, 0.3) is 0 Å². The third-order valence-electron chi connectivity index (χ3n) is 5.62. The Kier molecular flexibility index (Phi) is 8.16. The van der Waals surface area contributed by atoms with Crippen LogP contribution in [0.2, 0.25) is 0 Å². The lowest BCUT2D eigenvalue weighted by Crippen LogP contribution is -2.46. The zero-order valence-electron chi connectivity index (χ0n) is 19.7. The SMILES string of the molecule is COc1ccc(S(=O)(=O)N[C@H](C(=O)OCC(=O)N2CCCc3cc(OC)ccc32)C(C)C)cc1. The van der Waals surface area contributed by atoms with Gasteiger partial charge in [0.15, 0.2) is 6.61 Å². The van der Waals surface area contributed by atoms with E-state index in [9.17, 15) is 18.0 Å². The molecule has 1 heterocycles. The Labute approximate surface area is 200 Å². The van der Waals surface area contributed by atoms with Crippen LogP contribution < -0.4 is 19.1 Å². The average Bonchev–Trinajstić information content (AvgIpc) is 2.84. The standard InChI is InChI=1S/C24H30N2O7S/c1-16(2)23(25-34(29,30)20-10-7-18(31-3)8-11-20)24(28)33-15-22(27)26-13-5-6-17-14-19(32-4)9-12-21(17)26/h7-12,14,16,23,25H,5-6,13,15H2,1-4H3/t23-/m0/s1. The van der Waals surface area contributed by atoms with Gasteiger partial charge in [0.2, 0.25) is 10.0 Å². The van der Waals surface area contributed by atoms with Gasteiger partial charge < -0.3 is 19.1 Å². The van der Waals surface area contributed by atoms with Crippen LogP contribution in [0.1, 0.15) is 25.8 Å². The Hall–Kier alpha value is -3.11. The predicted molar refractivity (Wildman–Crippen MR) is 127 cm³/mol. The Balaban J connectivity index is 1.67. The van der Waals surface area contributed by atoms with Crippen LogP contribution >= 0.6 is 0 Å². The number of benzene rings is 2. The molecule has 0 aliphatic carbocycles. The maximum Gasteiger partial charge on any atom is 0.324 e. The first kappa shape index (κ1) is 25.5. The van der Waals surface area contributed by atoms with Gasteiger partial charge in [0.05, 0.1) is 19.1 Å². The number of carbonyl (C=O) groups is 2. The Bertz CT molecular complexity index is 1130. The monoisotopic (exact) mass is 490 g/mol. The number of anilines is 1. The molecule has 1 aliphatic rings. The predicted octanol–water partition coefficient (Wildman–Crippen LogP) is 2.53. The molecule has 2 aromatic carbocycles. The summed E-state index contributed by atoms with van der Waals surface area (Å²) in [6, 6.07) is 10.1. The first-order chi connectivity index (χ1) is 16.2. The van der Waals surface area contributed by atoms with Gasteiger partial charge in [-0.3, -0.25) is 9.59 Å². The molecular formula is C24H30N2O7S. The zero-order valence-corrected chi connectivity index (χ0v) is 20.6. The van der Waals surface area contributed by atoms with Gasteiger partial charge in [0.25, 0.3) is 5.91 Å². The normalized spacial score (nSPS) is 14.3. The molecule has 0 fully saturated rings. The van der Waals surface area contributed by atoms with E-state index in [1.807, 2.05) is 12.1 Å². The summed E-state index contributed by atoms with van der Waals surface area (Å²) < 4.78 is 43.5. The van der Waals surface area contributed by atoms with Crippen molar-refractivity contribution >= 4 is 27.6 Å². The van der Waals surface area contributed by atoms with Gasteiger partial charge in [0, 0.05) is 12.2 Å². The number of nitrogens with one attached hydrogen (secondary N) is 1. The van der Waals surface area contributed by atoms with E-state index in [1.54, 1.807) is 31.9 Å². The number of carbonyl (C=O) groups excluding carboxylic acids is 2. The van der Waals surface area contributed by atoms with E-state index in [4.69, 9.17) is 14.2 Å². The van der Waals surface area contributed by atoms with E-state index in [-0.39, 0.29) is 10.8 Å². The van der Waals surface area contributed by atoms with E-state index in [2.05, 4.69) is 4.72 Å². The Morgan fingerprint density at radius 1 is 1.03 bits per heavy atom. The second-order valence-corrected chi connectivity index (χ2v) is 9.98. The van der Waals surface area contributed by atoms with Crippen molar-refractivity contribution in [1.29, 1.82) is 0 Å². The summed E-state index contributed by atoms with van der Waals surface area (Å²) in [5.41, 5.74) is 1.74. The first-order valence-corrected chi connectivity index (χ1v) is 12.4. The van der Waals surface area contributed by atoms with Crippen molar-refractivity contribution in [3.63, 3.8) is 0 Å². The lowest BCUT2D eigenvalue weighted by atomic mass is 10.0. The zero-order chi connectivity index (χ0) is 24.9. The summed E-state index contributed by atoms with van der Waals surface area (Å²) in [5.74, 6) is -0.371. The number of esters is 1. The van der Waals surface area contributed by atoms with Crippen LogP contribution in [0.5, 0.6) is 11.5 Å². The first-order valence-electron chi connectivity index (χ1n) is 11.0. The van der Waals surface area contributed by atoms with Crippen LogP contribution in [-0.2, 0) is 30.8 Å². The molecule has 10 heteroatoms. The van der Waals surface area contributed by atoms with Crippen molar-refractivity contribution in [1.82, 2.24) is 4.72 Å². The van der Waals surface area contributed by atoms with E-state index >= 15 is 0 Å². The topological polar surface area (TPSA) is 111 Å². The molecule has 184 valence electrons. The van der Waals surface area contributed by atoms with Crippen molar-refractivity contribution in [2.45, 2.75) is 37.6 Å². The number of ether oxygens (including phenoxy) is 3. The van der Waals surface area contributed by atoms with Gasteiger partial charge in [0.1, 0.15) is 17.5 Å². The van der Waals surface area contributed by atoms with Crippen molar-refractivity contribution in [2.75, 3.05) is 32.3 Å². The highest BCUT2D eigenvalue weighted by atomic mass is 32.2. The van der Waals surface area contributed by atoms with Crippen molar-refractivity contribution in [3.05, 3.63) is 48.0 Å². The van der Waals surface area contributed by atoms with E-state index in [0.717, 1.165) is 24.1 Å². The number of sulfonamides is 1. The van der Waals surface area contributed by atoms with Gasteiger partial charge in [-0.15, -0.1) is 0 Å². The number of hydrogen-bond acceptors (Lipinski definition) is 7. The maximum absolute atomic E-state index is 12.8. The fourth-order valence-corrected chi connectivity index (χ4v) is 5.04. The van der Waals surface area contributed by atoms with E-state index in [0.29, 0.717) is 18.0 Å². The smallest absolute Gasteiger partial charge is 0.324 e. The van der Waals surface area contributed by atoms with E-state index in [1.165, 1.54) is 31.4 Å². The molecule has 0 bridgehead atoms. The van der Waals surface area contributed by atoms with Gasteiger partial charge in [-0.1, -0.05) is 13.8 Å². The van der Waals surface area contributed by atoms with E-state index < -0.39 is 34.6 Å². The molecule has 0 saturated heterocycles. The van der Waals surface area contributed by atoms with Crippen molar-refractivity contribution in [3.8, 4) is 11.5 Å². The maximum atomic E-state index is 12.8. The lowest BCUT2D eigenvalue weighted by Gasteiger charge is -2.30. The number of fused-ring (bicyclic) bond motifs is 1. The highest BCUT2D eigenvalue weighted by molar-refractivity contribution is 7.89. The van der Waals surface area contributed by atoms with Crippen LogP contribution in [0.15, 0.2) is 47.4 Å². The third kappa shape index (κ3) is 5.87. The molecule has 9 nitrogen and oxygen atoms in total. The molecule has 1 amide bonds. The fraction of sp³-hybridized carbons (Fsp3) is 0.417. The molecule has 3 rings (SSSR count). The second-order valence-electron chi connectivity index (χ2n) is 8.27. The summed E-state index contributed by atoms with van der Waals surface area (Å²) in [5, 5.41) is 0. The van der Waals surface area contributed by atoms with Crippen molar-refractivity contribution < 1.29 is 32.2 Å². The summed E-state index contributed by atoms with van der Waals surface area (Å²) in [6.07, 6.45) is 1.59. The number of aryl methyl sites for hydroxylation is 1. The summed E-state index contributed by atoms with van der Waals surface area (Å²) in [7, 11) is -0.930. The molecule has 0 saturated carbocycles. The van der Waals surface area contributed by atoms with Gasteiger partial charge in [-0.05, 0) is 66.8 Å². The molecular weight excluding hydrogens is 460 g/mol. The number of nitrogens with zero attached hydrogens (tertiary/aromatic N) is 1. The highest BCUT2D eigenvalue weighted by Crippen LogP contribution is 2.30. The number of rotatable bonds is 9. The van der Waals surface area contributed by atoms with Gasteiger partial charge in [-0.2, -0.15) is 4.72 Å². The molecule has 34 heavy (non-hydrogen) atoms. The van der Waals surface area contributed by atoms with Crippen molar-refractivity contribution in [2.24, 2.45) is 5.92 Å².